The lowest BCUT2D eigenvalue weighted by Gasteiger charge is -2.18. The van der Waals surface area contributed by atoms with E-state index in [1.165, 1.54) is 0 Å². The Hall–Kier alpha value is -2.82. The van der Waals surface area contributed by atoms with Crippen molar-refractivity contribution in [3.05, 3.63) is 60.4 Å². The zero-order chi connectivity index (χ0) is 18.5. The molecule has 0 aliphatic carbocycles. The summed E-state index contributed by atoms with van der Waals surface area (Å²) in [5.41, 5.74) is 2.04. The van der Waals surface area contributed by atoms with Crippen LogP contribution in [0.15, 0.2) is 54.6 Å². The maximum absolute atomic E-state index is 12.3. The van der Waals surface area contributed by atoms with Gasteiger partial charge in [-0.25, -0.2) is 4.98 Å². The summed E-state index contributed by atoms with van der Waals surface area (Å²) in [5, 5.41) is 2.99. The molecule has 3 aromatic rings. The molecule has 26 heavy (non-hydrogen) atoms. The van der Waals surface area contributed by atoms with Crippen LogP contribution in [0.2, 0.25) is 0 Å². The Bertz CT molecular complexity index is 871. The minimum atomic E-state index is -0.201. The van der Waals surface area contributed by atoms with Gasteiger partial charge in [0.2, 0.25) is 0 Å². The van der Waals surface area contributed by atoms with Gasteiger partial charge in [-0.2, -0.15) is 0 Å². The molecule has 1 unspecified atom stereocenters. The molecule has 1 heterocycles. The first-order valence-electron chi connectivity index (χ1n) is 8.97. The van der Waals surface area contributed by atoms with Gasteiger partial charge in [0, 0.05) is 6.54 Å². The fraction of sp³-hybridized carbons (Fsp3) is 0.333. The summed E-state index contributed by atoms with van der Waals surface area (Å²) in [6, 6.07) is 17.2. The van der Waals surface area contributed by atoms with Crippen LogP contribution in [0, 0.1) is 5.92 Å². The van der Waals surface area contributed by atoms with Crippen molar-refractivity contribution >= 4 is 16.9 Å². The highest BCUT2D eigenvalue weighted by Crippen LogP contribution is 2.22. The Labute approximate surface area is 154 Å². The lowest BCUT2D eigenvalue weighted by molar-refractivity contribution is -0.123. The molecule has 0 fully saturated rings. The zero-order valence-electron chi connectivity index (χ0n) is 15.5. The Morgan fingerprint density at radius 2 is 1.77 bits per heavy atom. The number of fused-ring (bicyclic) bond motifs is 1. The molecule has 1 N–H and O–H groups in total. The number of benzene rings is 2. The van der Waals surface area contributed by atoms with Gasteiger partial charge < -0.3 is 14.6 Å². The standard InChI is InChI=1S/C21H25N3O2/c1-15(2)13-24-19-12-8-7-11-18(19)23-21(24)16(3)22-20(25)14-26-17-9-5-4-6-10-17/h4-12,15-16H,13-14H2,1-3H3,(H,22,25). The minimum Gasteiger partial charge on any atom is -0.484 e. The minimum absolute atomic E-state index is 0.0151. The second kappa shape index (κ2) is 8.04. The van der Waals surface area contributed by atoms with Crippen LogP contribution in [0.4, 0.5) is 0 Å². The summed E-state index contributed by atoms with van der Waals surface area (Å²) in [6.45, 7) is 7.15. The van der Waals surface area contributed by atoms with Gasteiger partial charge in [-0.1, -0.05) is 44.2 Å². The third-order valence-corrected chi connectivity index (χ3v) is 4.11. The zero-order valence-corrected chi connectivity index (χ0v) is 15.5. The van der Waals surface area contributed by atoms with E-state index in [1.807, 2.05) is 55.5 Å². The molecule has 5 nitrogen and oxygen atoms in total. The largest absolute Gasteiger partial charge is 0.484 e. The van der Waals surface area contributed by atoms with E-state index in [-0.39, 0.29) is 18.6 Å². The third kappa shape index (κ3) is 4.23. The molecule has 0 aliphatic heterocycles. The number of nitrogens with zero attached hydrogens (tertiary/aromatic N) is 2. The number of nitrogens with one attached hydrogen (secondary N) is 1. The molecule has 1 amide bonds. The van der Waals surface area contributed by atoms with Crippen molar-refractivity contribution in [2.45, 2.75) is 33.4 Å². The molecular formula is C21H25N3O2. The van der Waals surface area contributed by atoms with E-state index >= 15 is 0 Å². The van der Waals surface area contributed by atoms with E-state index in [9.17, 15) is 4.79 Å². The van der Waals surface area contributed by atoms with Gasteiger partial charge in [0.25, 0.3) is 5.91 Å². The van der Waals surface area contributed by atoms with Crippen LogP contribution in [0.1, 0.15) is 32.6 Å². The molecule has 0 radical (unpaired) electrons. The second-order valence-corrected chi connectivity index (χ2v) is 6.85. The summed E-state index contributed by atoms with van der Waals surface area (Å²) in [4.78, 5) is 17.0. The molecule has 2 aromatic carbocycles. The van der Waals surface area contributed by atoms with Gasteiger partial charge in [0.05, 0.1) is 17.1 Å². The average Bonchev–Trinajstić information content (AvgIpc) is 2.99. The number of carbonyl (C=O) groups is 1. The lowest BCUT2D eigenvalue weighted by atomic mass is 10.2. The summed E-state index contributed by atoms with van der Waals surface area (Å²) < 4.78 is 7.72. The number of rotatable bonds is 7. The first-order chi connectivity index (χ1) is 12.5. The number of aromatic nitrogens is 2. The molecule has 0 saturated carbocycles. The number of amides is 1. The van der Waals surface area contributed by atoms with Crippen LogP contribution in [-0.4, -0.2) is 22.1 Å². The van der Waals surface area contributed by atoms with Crippen LogP contribution in [0.5, 0.6) is 5.75 Å². The van der Waals surface area contributed by atoms with Crippen molar-refractivity contribution < 1.29 is 9.53 Å². The fourth-order valence-electron chi connectivity index (χ4n) is 3.00. The highest BCUT2D eigenvalue weighted by Gasteiger charge is 2.19. The summed E-state index contributed by atoms with van der Waals surface area (Å²) in [7, 11) is 0. The van der Waals surface area contributed by atoms with E-state index < -0.39 is 0 Å². The van der Waals surface area contributed by atoms with Crippen molar-refractivity contribution in [3.8, 4) is 5.75 Å². The van der Waals surface area contributed by atoms with Gasteiger partial charge >= 0.3 is 0 Å². The molecule has 3 rings (SSSR count). The van der Waals surface area contributed by atoms with Gasteiger partial charge in [0.1, 0.15) is 11.6 Å². The summed E-state index contributed by atoms with van der Waals surface area (Å²) >= 11 is 0. The third-order valence-electron chi connectivity index (χ3n) is 4.11. The average molecular weight is 351 g/mol. The van der Waals surface area contributed by atoms with Crippen LogP contribution in [0.25, 0.3) is 11.0 Å². The molecule has 1 aromatic heterocycles. The van der Waals surface area contributed by atoms with E-state index in [4.69, 9.17) is 9.72 Å². The van der Waals surface area contributed by atoms with Crippen LogP contribution < -0.4 is 10.1 Å². The Morgan fingerprint density at radius 3 is 2.50 bits per heavy atom. The van der Waals surface area contributed by atoms with Crippen molar-refractivity contribution in [1.29, 1.82) is 0 Å². The number of imidazole rings is 1. The first-order valence-corrected chi connectivity index (χ1v) is 8.97. The van der Waals surface area contributed by atoms with E-state index in [0.717, 1.165) is 23.4 Å². The second-order valence-electron chi connectivity index (χ2n) is 6.85. The summed E-state index contributed by atoms with van der Waals surface area (Å²) in [6.07, 6.45) is 0. The van der Waals surface area contributed by atoms with Gasteiger partial charge in [-0.15, -0.1) is 0 Å². The predicted molar refractivity (Wildman–Crippen MR) is 103 cm³/mol. The maximum atomic E-state index is 12.3. The van der Waals surface area contributed by atoms with Crippen LogP contribution in [0.3, 0.4) is 0 Å². The monoisotopic (exact) mass is 351 g/mol. The van der Waals surface area contributed by atoms with Gasteiger partial charge in [0.15, 0.2) is 6.61 Å². The molecule has 5 heteroatoms. The Balaban J connectivity index is 1.72. The number of para-hydroxylation sites is 3. The maximum Gasteiger partial charge on any atom is 0.258 e. The van der Waals surface area contributed by atoms with E-state index in [1.54, 1.807) is 0 Å². The fourth-order valence-corrected chi connectivity index (χ4v) is 3.00. The highest BCUT2D eigenvalue weighted by atomic mass is 16.5. The number of hydrogen-bond donors (Lipinski definition) is 1. The molecule has 136 valence electrons. The predicted octanol–water partition coefficient (Wildman–Crippen LogP) is 3.95. The smallest absolute Gasteiger partial charge is 0.258 e. The number of carbonyl (C=O) groups excluding carboxylic acids is 1. The Kier molecular flexibility index (Phi) is 5.56. The number of ether oxygens (including phenoxy) is 1. The van der Waals surface area contributed by atoms with Crippen LogP contribution >= 0.6 is 0 Å². The topological polar surface area (TPSA) is 56.2 Å². The molecule has 0 bridgehead atoms. The normalized spacial score (nSPS) is 12.3. The first kappa shape index (κ1) is 18.0. The summed E-state index contributed by atoms with van der Waals surface area (Å²) in [5.74, 6) is 1.87. The molecule has 0 saturated heterocycles. The Morgan fingerprint density at radius 1 is 1.08 bits per heavy atom. The van der Waals surface area contributed by atoms with Crippen molar-refractivity contribution in [2.24, 2.45) is 5.92 Å². The van der Waals surface area contributed by atoms with E-state index in [0.29, 0.717) is 11.7 Å². The molecular weight excluding hydrogens is 326 g/mol. The highest BCUT2D eigenvalue weighted by molar-refractivity contribution is 5.79. The molecule has 0 spiro atoms. The van der Waals surface area contributed by atoms with Crippen molar-refractivity contribution in [1.82, 2.24) is 14.9 Å². The SMILES string of the molecule is CC(C)Cn1c(C(C)NC(=O)COc2ccccc2)nc2ccccc21. The van der Waals surface area contributed by atoms with Gasteiger partial charge in [-0.3, -0.25) is 4.79 Å². The molecule has 1 atom stereocenters. The molecule has 0 aliphatic rings. The van der Waals surface area contributed by atoms with Crippen LogP contribution in [-0.2, 0) is 11.3 Å². The number of hydrogen-bond acceptors (Lipinski definition) is 3. The van der Waals surface area contributed by atoms with Crippen molar-refractivity contribution in [3.63, 3.8) is 0 Å². The van der Waals surface area contributed by atoms with E-state index in [2.05, 4.69) is 29.8 Å². The van der Waals surface area contributed by atoms with Gasteiger partial charge in [-0.05, 0) is 37.1 Å². The lowest BCUT2D eigenvalue weighted by Crippen LogP contribution is -2.32. The quantitative estimate of drug-likeness (QED) is 0.701. The van der Waals surface area contributed by atoms with Crippen molar-refractivity contribution in [2.75, 3.05) is 6.61 Å².